The Morgan fingerprint density at radius 3 is 2.67 bits per heavy atom. The van der Waals surface area contributed by atoms with Crippen LogP contribution in [-0.4, -0.2) is 30.6 Å². The van der Waals surface area contributed by atoms with E-state index in [4.69, 9.17) is 13.9 Å². The normalized spacial score (nSPS) is 16.7. The zero-order valence-electron chi connectivity index (χ0n) is 17.4. The van der Waals surface area contributed by atoms with Gasteiger partial charge in [-0.1, -0.05) is 36.4 Å². The second kappa shape index (κ2) is 8.01. The van der Waals surface area contributed by atoms with Crippen LogP contribution in [0.4, 0.5) is 0 Å². The van der Waals surface area contributed by atoms with Crippen molar-refractivity contribution in [3.63, 3.8) is 0 Å². The fourth-order valence-electron chi connectivity index (χ4n) is 4.63. The van der Waals surface area contributed by atoms with E-state index in [2.05, 4.69) is 46.3 Å². The molecule has 5 heteroatoms. The van der Waals surface area contributed by atoms with Gasteiger partial charge in [0.2, 0.25) is 0 Å². The van der Waals surface area contributed by atoms with Crippen LogP contribution in [-0.2, 0) is 24.3 Å². The molecule has 0 amide bonds. The maximum absolute atomic E-state index is 6.01. The van der Waals surface area contributed by atoms with Gasteiger partial charge < -0.3 is 18.9 Å². The Kier molecular flexibility index (Phi) is 5.07. The Bertz CT molecular complexity index is 1160. The number of furan rings is 1. The van der Waals surface area contributed by atoms with Crippen molar-refractivity contribution in [2.45, 2.75) is 25.6 Å². The summed E-state index contributed by atoms with van der Waals surface area (Å²) < 4.78 is 17.0. The molecule has 0 radical (unpaired) electrons. The highest BCUT2D eigenvalue weighted by atomic mass is 16.5. The monoisotopic (exact) mass is 402 g/mol. The van der Waals surface area contributed by atoms with E-state index >= 15 is 0 Å². The maximum Gasteiger partial charge on any atom is 0.129 e. The van der Waals surface area contributed by atoms with Gasteiger partial charge in [-0.25, -0.2) is 0 Å². The molecule has 1 aliphatic rings. The Morgan fingerprint density at radius 1 is 1.00 bits per heavy atom. The van der Waals surface area contributed by atoms with Crippen LogP contribution in [0.25, 0.3) is 10.9 Å². The summed E-state index contributed by atoms with van der Waals surface area (Å²) in [6.07, 6.45) is 0.997. The fourth-order valence-corrected chi connectivity index (χ4v) is 4.63. The van der Waals surface area contributed by atoms with Crippen molar-refractivity contribution in [1.82, 2.24) is 9.88 Å². The number of hydrogen-bond acceptors (Lipinski definition) is 4. The molecule has 1 aliphatic heterocycles. The van der Waals surface area contributed by atoms with E-state index in [1.807, 2.05) is 24.3 Å². The Labute approximate surface area is 176 Å². The van der Waals surface area contributed by atoms with Crippen LogP contribution in [0, 0.1) is 0 Å². The number of nitrogens with one attached hydrogen (secondary N) is 1. The van der Waals surface area contributed by atoms with E-state index in [1.54, 1.807) is 14.2 Å². The highest BCUT2D eigenvalue weighted by Gasteiger charge is 2.33. The molecule has 5 rings (SSSR count). The van der Waals surface area contributed by atoms with Gasteiger partial charge in [-0.15, -0.1) is 0 Å². The Balaban J connectivity index is 1.59. The first-order valence-corrected chi connectivity index (χ1v) is 10.3. The number of ether oxygens (including phenoxy) is 2. The van der Waals surface area contributed by atoms with E-state index in [1.165, 1.54) is 22.2 Å². The van der Waals surface area contributed by atoms with Crippen LogP contribution in [0.15, 0.2) is 65.1 Å². The van der Waals surface area contributed by atoms with Crippen molar-refractivity contribution in [3.05, 3.63) is 89.0 Å². The third-order valence-corrected chi connectivity index (χ3v) is 5.93. The summed E-state index contributed by atoms with van der Waals surface area (Å²) in [6, 6.07) is 21.0. The predicted molar refractivity (Wildman–Crippen MR) is 117 cm³/mol. The Morgan fingerprint density at radius 2 is 1.80 bits per heavy atom. The van der Waals surface area contributed by atoms with Gasteiger partial charge in [0, 0.05) is 35.8 Å². The maximum atomic E-state index is 6.01. The molecule has 0 saturated carbocycles. The first kappa shape index (κ1) is 19.0. The van der Waals surface area contributed by atoms with Gasteiger partial charge in [0.05, 0.1) is 19.7 Å². The van der Waals surface area contributed by atoms with Gasteiger partial charge in [0.15, 0.2) is 0 Å². The van der Waals surface area contributed by atoms with Crippen LogP contribution in [0.5, 0.6) is 5.75 Å². The largest absolute Gasteiger partial charge is 0.496 e. The SMILES string of the molecule is COCc1ccc(CN2CCc3c([nH]c4ccccc34)[C@@H]2c2ccccc2OC)o1. The van der Waals surface area contributed by atoms with Crippen molar-refractivity contribution >= 4 is 10.9 Å². The molecule has 2 aromatic carbocycles. The molecule has 0 spiro atoms. The molecule has 3 heterocycles. The third-order valence-electron chi connectivity index (χ3n) is 5.93. The molecule has 0 unspecified atom stereocenters. The number of para-hydroxylation sites is 2. The summed E-state index contributed by atoms with van der Waals surface area (Å²) in [7, 11) is 3.42. The van der Waals surface area contributed by atoms with Crippen LogP contribution in [0.3, 0.4) is 0 Å². The van der Waals surface area contributed by atoms with Crippen molar-refractivity contribution in [1.29, 1.82) is 0 Å². The first-order chi connectivity index (χ1) is 14.8. The molecule has 2 aromatic heterocycles. The van der Waals surface area contributed by atoms with Gasteiger partial charge in [-0.2, -0.15) is 0 Å². The predicted octanol–water partition coefficient (Wildman–Crippen LogP) is 5.06. The van der Waals surface area contributed by atoms with Crippen molar-refractivity contribution < 1.29 is 13.9 Å². The topological polar surface area (TPSA) is 50.6 Å². The van der Waals surface area contributed by atoms with Crippen molar-refractivity contribution in [3.8, 4) is 5.75 Å². The minimum atomic E-state index is 0.0632. The molecule has 0 saturated heterocycles. The molecule has 0 aliphatic carbocycles. The molecule has 0 fully saturated rings. The number of methoxy groups -OCH3 is 2. The molecule has 5 nitrogen and oxygen atoms in total. The van der Waals surface area contributed by atoms with Crippen molar-refractivity contribution in [2.75, 3.05) is 20.8 Å². The molecular weight excluding hydrogens is 376 g/mol. The number of aromatic nitrogens is 1. The van der Waals surface area contributed by atoms with Crippen molar-refractivity contribution in [2.24, 2.45) is 0 Å². The molecule has 4 aromatic rings. The van der Waals surface area contributed by atoms with Gasteiger partial charge in [0.25, 0.3) is 0 Å². The average molecular weight is 402 g/mol. The summed E-state index contributed by atoms with van der Waals surface area (Å²) >= 11 is 0. The zero-order chi connectivity index (χ0) is 20.5. The highest BCUT2D eigenvalue weighted by molar-refractivity contribution is 5.85. The first-order valence-electron chi connectivity index (χ1n) is 10.3. The number of H-pyrrole nitrogens is 1. The van der Waals surface area contributed by atoms with Crippen LogP contribution >= 0.6 is 0 Å². The van der Waals surface area contributed by atoms with Gasteiger partial charge in [0.1, 0.15) is 23.9 Å². The lowest BCUT2D eigenvalue weighted by atomic mass is 9.91. The molecule has 0 bridgehead atoms. The molecule has 154 valence electrons. The quantitative estimate of drug-likeness (QED) is 0.490. The second-order valence-electron chi connectivity index (χ2n) is 7.73. The van der Waals surface area contributed by atoms with E-state index < -0.39 is 0 Å². The summed E-state index contributed by atoms with van der Waals surface area (Å²) in [5.41, 5.74) is 4.99. The number of aromatic amines is 1. The molecule has 30 heavy (non-hydrogen) atoms. The number of nitrogens with zero attached hydrogens (tertiary/aromatic N) is 1. The fraction of sp³-hybridized carbons (Fsp3) is 0.280. The minimum Gasteiger partial charge on any atom is -0.496 e. The Hall–Kier alpha value is -3.02. The summed E-state index contributed by atoms with van der Waals surface area (Å²) in [5.74, 6) is 2.70. The summed E-state index contributed by atoms with van der Waals surface area (Å²) in [4.78, 5) is 6.17. The lowest BCUT2D eigenvalue weighted by molar-refractivity contribution is 0.152. The van der Waals surface area contributed by atoms with Crippen LogP contribution in [0.2, 0.25) is 0 Å². The van der Waals surface area contributed by atoms with Gasteiger partial charge in [-0.3, -0.25) is 4.90 Å². The second-order valence-corrected chi connectivity index (χ2v) is 7.73. The van der Waals surface area contributed by atoms with Gasteiger partial charge in [-0.05, 0) is 36.2 Å². The average Bonchev–Trinajstić information content (AvgIpc) is 3.38. The molecule has 1 N–H and O–H groups in total. The highest BCUT2D eigenvalue weighted by Crippen LogP contribution is 2.42. The zero-order valence-corrected chi connectivity index (χ0v) is 17.4. The van der Waals surface area contributed by atoms with E-state index in [9.17, 15) is 0 Å². The minimum absolute atomic E-state index is 0.0632. The summed E-state index contributed by atoms with van der Waals surface area (Å²) in [5, 5.41) is 1.31. The number of rotatable bonds is 6. The third kappa shape index (κ3) is 3.30. The lowest BCUT2D eigenvalue weighted by Gasteiger charge is -2.36. The number of hydrogen-bond donors (Lipinski definition) is 1. The van der Waals surface area contributed by atoms with Crippen LogP contribution < -0.4 is 4.74 Å². The smallest absolute Gasteiger partial charge is 0.129 e. The lowest BCUT2D eigenvalue weighted by Crippen LogP contribution is -2.35. The molecular formula is C25H26N2O3. The standard InChI is InChI=1S/C25H26N2O3/c1-28-16-18-12-11-17(30-18)15-27-14-13-20-19-7-3-5-9-22(19)26-24(20)25(27)21-8-4-6-10-23(21)29-2/h3-12,25-26H,13-16H2,1-2H3/t25-/m0/s1. The number of benzene rings is 2. The van der Waals surface area contributed by atoms with Crippen LogP contribution in [0.1, 0.15) is 34.4 Å². The van der Waals surface area contributed by atoms with Gasteiger partial charge >= 0.3 is 0 Å². The number of fused-ring (bicyclic) bond motifs is 3. The molecule has 1 atom stereocenters. The van der Waals surface area contributed by atoms with E-state index in [0.717, 1.165) is 42.3 Å². The summed E-state index contributed by atoms with van der Waals surface area (Å²) in [6.45, 7) is 2.15. The van der Waals surface area contributed by atoms with E-state index in [-0.39, 0.29) is 6.04 Å². The van der Waals surface area contributed by atoms with E-state index in [0.29, 0.717) is 6.61 Å².